The van der Waals surface area contributed by atoms with Crippen molar-refractivity contribution in [1.82, 2.24) is 9.47 Å². The van der Waals surface area contributed by atoms with Gasteiger partial charge in [0.1, 0.15) is 5.49 Å². The van der Waals surface area contributed by atoms with Gasteiger partial charge in [0.15, 0.2) is 0 Å². The lowest BCUT2D eigenvalue weighted by Gasteiger charge is -2.17. The number of rotatable bonds is 5. The van der Waals surface area contributed by atoms with E-state index in [2.05, 4.69) is 4.99 Å². The molecule has 172 valence electrons. The molecule has 1 unspecified atom stereocenters. The Hall–Kier alpha value is -3.84. The summed E-state index contributed by atoms with van der Waals surface area (Å²) in [4.78, 5) is 44.2. The molecule has 0 bridgehead atoms. The lowest BCUT2D eigenvalue weighted by molar-refractivity contribution is 0.0475. The van der Waals surface area contributed by atoms with Gasteiger partial charge >= 0.3 is 0 Å². The molecule has 2 aromatic carbocycles. The maximum Gasteiger partial charge on any atom is 0.278 e. The Morgan fingerprint density at radius 1 is 1.03 bits per heavy atom. The Bertz CT molecular complexity index is 1330. The Labute approximate surface area is 197 Å². The monoisotopic (exact) mass is 455 g/mol. The van der Waals surface area contributed by atoms with Gasteiger partial charge in [-0.2, -0.15) is 4.99 Å². The van der Waals surface area contributed by atoms with E-state index in [4.69, 9.17) is 4.74 Å². The second-order valence-electron chi connectivity index (χ2n) is 8.71. The maximum absolute atomic E-state index is 13.0. The van der Waals surface area contributed by atoms with Crippen molar-refractivity contribution >= 4 is 17.7 Å². The molecular weight excluding hydrogens is 430 g/mol. The molecule has 0 saturated carbocycles. The van der Waals surface area contributed by atoms with Crippen LogP contribution in [0.4, 0.5) is 0 Å². The van der Waals surface area contributed by atoms with Crippen molar-refractivity contribution in [2.75, 3.05) is 13.2 Å². The minimum absolute atomic E-state index is 0.125. The third-order valence-electron chi connectivity index (χ3n) is 6.23. The van der Waals surface area contributed by atoms with E-state index in [9.17, 15) is 14.4 Å². The quantitative estimate of drug-likeness (QED) is 0.553. The predicted octanol–water partition coefficient (Wildman–Crippen LogP) is 3.36. The van der Waals surface area contributed by atoms with Crippen molar-refractivity contribution in [3.63, 3.8) is 0 Å². The van der Waals surface area contributed by atoms with E-state index in [-0.39, 0.29) is 35.6 Å². The van der Waals surface area contributed by atoms with Gasteiger partial charge in [0, 0.05) is 24.9 Å². The van der Waals surface area contributed by atoms with Crippen LogP contribution in [0.3, 0.4) is 0 Å². The Morgan fingerprint density at radius 2 is 1.82 bits per heavy atom. The number of fused-ring (bicyclic) bond motifs is 1. The molecule has 1 aromatic heterocycles. The van der Waals surface area contributed by atoms with E-state index in [1.54, 1.807) is 18.2 Å². The molecule has 1 atom stereocenters. The molecule has 34 heavy (non-hydrogen) atoms. The van der Waals surface area contributed by atoms with Gasteiger partial charge in [0.25, 0.3) is 17.7 Å². The molecule has 0 radical (unpaired) electrons. The van der Waals surface area contributed by atoms with Crippen molar-refractivity contribution in [3.8, 4) is 0 Å². The van der Waals surface area contributed by atoms with Crippen molar-refractivity contribution in [1.29, 1.82) is 0 Å². The second-order valence-corrected chi connectivity index (χ2v) is 8.71. The first-order valence-electron chi connectivity index (χ1n) is 11.4. The van der Waals surface area contributed by atoms with Crippen LogP contribution in [0.5, 0.6) is 0 Å². The second kappa shape index (κ2) is 9.19. The fourth-order valence-electron chi connectivity index (χ4n) is 4.34. The Balaban J connectivity index is 1.40. The van der Waals surface area contributed by atoms with E-state index in [1.807, 2.05) is 54.1 Å². The van der Waals surface area contributed by atoms with Crippen LogP contribution in [0, 0.1) is 6.92 Å². The summed E-state index contributed by atoms with van der Waals surface area (Å²) in [5.41, 5.74) is 3.61. The summed E-state index contributed by atoms with van der Waals surface area (Å²) >= 11 is 0. The Kier molecular flexibility index (Phi) is 5.94. The van der Waals surface area contributed by atoms with E-state index in [0.29, 0.717) is 24.2 Å². The number of amides is 3. The molecule has 7 nitrogen and oxygen atoms in total. The molecule has 2 aliphatic heterocycles. The van der Waals surface area contributed by atoms with Crippen LogP contribution < -0.4 is 5.49 Å². The minimum atomic E-state index is -0.468. The van der Waals surface area contributed by atoms with Crippen molar-refractivity contribution < 1.29 is 19.1 Å². The number of aryl methyl sites for hydroxylation is 1. The SMILES string of the molecule is Cc1ccc(Cn2ccccc2=NC(=O)c2ccc3c(c2)C(=O)N(CC2CCCO2)C3=O)cc1. The number of ether oxygens (including phenoxy) is 1. The van der Waals surface area contributed by atoms with Crippen LogP contribution in [0.2, 0.25) is 0 Å². The van der Waals surface area contributed by atoms with Gasteiger partial charge in [-0.15, -0.1) is 0 Å². The van der Waals surface area contributed by atoms with Gasteiger partial charge < -0.3 is 9.30 Å². The van der Waals surface area contributed by atoms with E-state index in [0.717, 1.165) is 18.4 Å². The van der Waals surface area contributed by atoms with Gasteiger partial charge in [-0.05, 0) is 55.7 Å². The first kappa shape index (κ1) is 22.0. The van der Waals surface area contributed by atoms with E-state index < -0.39 is 5.91 Å². The highest BCUT2D eigenvalue weighted by Crippen LogP contribution is 2.26. The molecule has 2 aliphatic rings. The van der Waals surface area contributed by atoms with Gasteiger partial charge in [-0.25, -0.2) is 0 Å². The normalized spacial score (nSPS) is 18.0. The van der Waals surface area contributed by atoms with E-state index in [1.165, 1.54) is 16.5 Å². The molecule has 7 heteroatoms. The van der Waals surface area contributed by atoms with Gasteiger partial charge in [-0.3, -0.25) is 19.3 Å². The smallest absolute Gasteiger partial charge is 0.278 e. The number of benzene rings is 2. The average molecular weight is 456 g/mol. The summed E-state index contributed by atoms with van der Waals surface area (Å²) < 4.78 is 7.48. The van der Waals surface area contributed by atoms with Crippen LogP contribution in [-0.4, -0.2) is 46.4 Å². The molecule has 3 heterocycles. The third-order valence-corrected chi connectivity index (χ3v) is 6.23. The van der Waals surface area contributed by atoms with Crippen molar-refractivity contribution in [2.45, 2.75) is 32.4 Å². The van der Waals surface area contributed by atoms with Crippen LogP contribution in [0.1, 0.15) is 55.0 Å². The number of imide groups is 1. The molecular formula is C27H25N3O4. The highest BCUT2D eigenvalue weighted by Gasteiger charge is 2.37. The van der Waals surface area contributed by atoms with Gasteiger partial charge in [0.05, 0.1) is 23.8 Å². The molecule has 3 amide bonds. The first-order valence-corrected chi connectivity index (χ1v) is 11.4. The summed E-state index contributed by atoms with van der Waals surface area (Å²) in [6, 6.07) is 18.3. The number of hydrogen-bond acceptors (Lipinski definition) is 4. The number of hydrogen-bond donors (Lipinski definition) is 0. The summed E-state index contributed by atoms with van der Waals surface area (Å²) in [6.45, 7) is 3.50. The largest absolute Gasteiger partial charge is 0.376 e. The number of carbonyl (C=O) groups is 3. The van der Waals surface area contributed by atoms with Crippen molar-refractivity contribution in [2.24, 2.45) is 4.99 Å². The Morgan fingerprint density at radius 3 is 2.59 bits per heavy atom. The average Bonchev–Trinajstić information content (AvgIpc) is 3.44. The molecule has 0 aliphatic carbocycles. The lowest BCUT2D eigenvalue weighted by atomic mass is 10.1. The predicted molar refractivity (Wildman–Crippen MR) is 125 cm³/mol. The lowest BCUT2D eigenvalue weighted by Crippen LogP contribution is -2.36. The first-order chi connectivity index (χ1) is 16.5. The van der Waals surface area contributed by atoms with Crippen LogP contribution >= 0.6 is 0 Å². The van der Waals surface area contributed by atoms with Crippen LogP contribution in [0.15, 0.2) is 71.9 Å². The van der Waals surface area contributed by atoms with Crippen LogP contribution in [0.25, 0.3) is 0 Å². The standard InChI is InChI=1S/C27H25N3O4/c1-18-7-9-19(10-8-18)16-29-13-3-2-6-24(29)28-25(31)20-11-12-22-23(15-20)27(33)30(26(22)32)17-21-5-4-14-34-21/h2-3,6-13,15,21H,4-5,14,16-17H2,1H3. The zero-order chi connectivity index (χ0) is 23.7. The zero-order valence-corrected chi connectivity index (χ0v) is 18.9. The molecule has 0 spiro atoms. The number of pyridine rings is 1. The molecule has 5 rings (SSSR count). The third kappa shape index (κ3) is 4.34. The minimum Gasteiger partial charge on any atom is -0.376 e. The number of carbonyl (C=O) groups excluding carboxylic acids is 3. The fourth-order valence-corrected chi connectivity index (χ4v) is 4.34. The van der Waals surface area contributed by atoms with E-state index >= 15 is 0 Å². The summed E-state index contributed by atoms with van der Waals surface area (Å²) in [6.07, 6.45) is 3.51. The molecule has 1 fully saturated rings. The fraction of sp³-hybridized carbons (Fsp3) is 0.259. The number of aromatic nitrogens is 1. The maximum atomic E-state index is 13.0. The van der Waals surface area contributed by atoms with Gasteiger partial charge in [0.2, 0.25) is 0 Å². The molecule has 1 saturated heterocycles. The zero-order valence-electron chi connectivity index (χ0n) is 18.9. The molecule has 3 aromatic rings. The summed E-state index contributed by atoms with van der Waals surface area (Å²) in [7, 11) is 0. The molecule has 0 N–H and O–H groups in total. The highest BCUT2D eigenvalue weighted by molar-refractivity contribution is 6.22. The topological polar surface area (TPSA) is 81.0 Å². The van der Waals surface area contributed by atoms with Gasteiger partial charge in [-0.1, -0.05) is 35.9 Å². The van der Waals surface area contributed by atoms with Crippen molar-refractivity contribution in [3.05, 3.63) is 100 Å². The highest BCUT2D eigenvalue weighted by atomic mass is 16.5. The van der Waals surface area contributed by atoms with Crippen LogP contribution in [-0.2, 0) is 11.3 Å². The number of nitrogens with zero attached hydrogens (tertiary/aromatic N) is 3. The summed E-state index contributed by atoms with van der Waals surface area (Å²) in [5.74, 6) is -1.20. The summed E-state index contributed by atoms with van der Waals surface area (Å²) in [5, 5.41) is 0.